The summed E-state index contributed by atoms with van der Waals surface area (Å²) in [5, 5.41) is 3.68. The second kappa shape index (κ2) is 4.82. The maximum atomic E-state index is 5.91. The average Bonchev–Trinajstić information content (AvgIpc) is 3.22. The quantitative estimate of drug-likeness (QED) is 0.842. The Bertz CT molecular complexity index is 450. The highest BCUT2D eigenvalue weighted by atomic mass is 16.5. The summed E-state index contributed by atoms with van der Waals surface area (Å²) in [7, 11) is 0. The van der Waals surface area contributed by atoms with Gasteiger partial charge in [0.15, 0.2) is 0 Å². The fourth-order valence-corrected chi connectivity index (χ4v) is 3.05. The van der Waals surface area contributed by atoms with E-state index >= 15 is 0 Å². The molecule has 1 aromatic carbocycles. The zero-order valence-electron chi connectivity index (χ0n) is 11.5. The molecule has 3 aliphatic carbocycles. The molecule has 2 atom stereocenters. The summed E-state index contributed by atoms with van der Waals surface area (Å²) in [5.74, 6) is 2.69. The molecule has 2 unspecified atom stereocenters. The van der Waals surface area contributed by atoms with Crippen LogP contribution in [-0.2, 0) is 0 Å². The number of rotatable bonds is 6. The third-order valence-electron chi connectivity index (χ3n) is 4.78. The molecule has 0 spiro atoms. The Morgan fingerprint density at radius 2 is 1.95 bits per heavy atom. The van der Waals surface area contributed by atoms with Gasteiger partial charge in [0.2, 0.25) is 0 Å². The summed E-state index contributed by atoms with van der Waals surface area (Å²) in [6.07, 6.45) is 8.50. The third-order valence-corrected chi connectivity index (χ3v) is 4.78. The van der Waals surface area contributed by atoms with Gasteiger partial charge in [-0.15, -0.1) is 0 Å². The van der Waals surface area contributed by atoms with Crippen molar-refractivity contribution in [2.45, 2.75) is 56.6 Å². The van der Waals surface area contributed by atoms with Crippen molar-refractivity contribution in [2.75, 3.05) is 6.54 Å². The van der Waals surface area contributed by atoms with Crippen molar-refractivity contribution >= 4 is 0 Å². The first-order valence-electron chi connectivity index (χ1n) is 7.88. The van der Waals surface area contributed by atoms with E-state index in [2.05, 4.69) is 29.6 Å². The van der Waals surface area contributed by atoms with E-state index in [0.717, 1.165) is 23.6 Å². The van der Waals surface area contributed by atoms with Crippen LogP contribution in [0.1, 0.15) is 50.0 Å². The molecule has 0 aromatic heterocycles. The molecule has 0 saturated heterocycles. The maximum absolute atomic E-state index is 5.91. The highest BCUT2D eigenvalue weighted by Crippen LogP contribution is 2.43. The minimum absolute atomic E-state index is 0.504. The smallest absolute Gasteiger partial charge is 0.120 e. The Kier molecular flexibility index (Phi) is 2.99. The summed E-state index contributed by atoms with van der Waals surface area (Å²) in [6, 6.07) is 9.68. The Hall–Kier alpha value is -1.02. The van der Waals surface area contributed by atoms with Crippen LogP contribution in [0.3, 0.4) is 0 Å². The number of hydrogen-bond acceptors (Lipinski definition) is 2. The molecule has 3 saturated carbocycles. The number of hydrogen-bond donors (Lipinski definition) is 1. The van der Waals surface area contributed by atoms with Crippen molar-refractivity contribution in [1.82, 2.24) is 5.32 Å². The number of ether oxygens (including phenoxy) is 1. The van der Waals surface area contributed by atoms with Gasteiger partial charge in [0, 0.05) is 6.04 Å². The molecule has 1 N–H and O–H groups in total. The van der Waals surface area contributed by atoms with Crippen molar-refractivity contribution in [3.05, 3.63) is 29.8 Å². The lowest BCUT2D eigenvalue weighted by Crippen LogP contribution is -2.34. The minimum atomic E-state index is 0.504. The fraction of sp³-hybridized carbons (Fsp3) is 0.647. The lowest BCUT2D eigenvalue weighted by Gasteiger charge is -2.37. The first-order valence-corrected chi connectivity index (χ1v) is 7.88. The van der Waals surface area contributed by atoms with Crippen LogP contribution >= 0.6 is 0 Å². The second-order valence-electron chi connectivity index (χ2n) is 6.52. The molecule has 1 aromatic rings. The van der Waals surface area contributed by atoms with Crippen LogP contribution in [0.15, 0.2) is 24.3 Å². The predicted molar refractivity (Wildman–Crippen MR) is 76.6 cm³/mol. The molecule has 102 valence electrons. The zero-order chi connectivity index (χ0) is 12.7. The topological polar surface area (TPSA) is 21.3 Å². The van der Waals surface area contributed by atoms with E-state index in [9.17, 15) is 0 Å². The first-order chi connectivity index (χ1) is 9.38. The molecule has 2 nitrogen and oxygen atoms in total. The van der Waals surface area contributed by atoms with Gasteiger partial charge in [-0.05, 0) is 74.6 Å². The molecule has 3 fully saturated rings. The van der Waals surface area contributed by atoms with Crippen LogP contribution in [0.4, 0.5) is 0 Å². The van der Waals surface area contributed by atoms with E-state index < -0.39 is 0 Å². The van der Waals surface area contributed by atoms with E-state index in [0.29, 0.717) is 6.10 Å². The average molecular weight is 257 g/mol. The van der Waals surface area contributed by atoms with Gasteiger partial charge in [-0.3, -0.25) is 0 Å². The van der Waals surface area contributed by atoms with Crippen LogP contribution in [-0.4, -0.2) is 18.7 Å². The summed E-state index contributed by atoms with van der Waals surface area (Å²) < 4.78 is 5.91. The van der Waals surface area contributed by atoms with E-state index in [1.807, 2.05) is 0 Å². The van der Waals surface area contributed by atoms with Crippen molar-refractivity contribution < 1.29 is 4.74 Å². The Labute approximate surface area is 115 Å². The molecule has 0 amide bonds. The lowest BCUT2D eigenvalue weighted by molar-refractivity contribution is 0.243. The first kappa shape index (κ1) is 11.8. The van der Waals surface area contributed by atoms with E-state index in [4.69, 9.17) is 4.74 Å². The van der Waals surface area contributed by atoms with Crippen molar-refractivity contribution in [2.24, 2.45) is 5.92 Å². The van der Waals surface area contributed by atoms with Crippen LogP contribution in [0.2, 0.25) is 0 Å². The monoisotopic (exact) mass is 257 g/mol. The van der Waals surface area contributed by atoms with Crippen molar-refractivity contribution in [1.29, 1.82) is 0 Å². The minimum Gasteiger partial charge on any atom is -0.490 e. The lowest BCUT2D eigenvalue weighted by atomic mass is 9.70. The van der Waals surface area contributed by atoms with E-state index in [-0.39, 0.29) is 0 Å². The zero-order valence-corrected chi connectivity index (χ0v) is 11.5. The highest BCUT2D eigenvalue weighted by molar-refractivity contribution is 5.33. The third kappa shape index (κ3) is 2.79. The van der Waals surface area contributed by atoms with Gasteiger partial charge in [-0.25, -0.2) is 0 Å². The summed E-state index contributed by atoms with van der Waals surface area (Å²) in [4.78, 5) is 0. The predicted octanol–water partition coefficient (Wildman–Crippen LogP) is 3.47. The molecule has 0 bridgehead atoms. The Morgan fingerprint density at radius 1 is 1.05 bits per heavy atom. The van der Waals surface area contributed by atoms with Gasteiger partial charge in [0.05, 0.1) is 6.10 Å². The molecular weight excluding hydrogens is 234 g/mol. The van der Waals surface area contributed by atoms with Crippen LogP contribution in [0, 0.1) is 5.92 Å². The molecule has 4 rings (SSSR count). The Morgan fingerprint density at radius 3 is 2.63 bits per heavy atom. The van der Waals surface area contributed by atoms with E-state index in [1.165, 1.54) is 50.6 Å². The molecular formula is C17H23NO. The number of nitrogens with one attached hydrogen (secondary N) is 1. The molecule has 0 radical (unpaired) electrons. The Balaban J connectivity index is 1.39. The molecule has 3 aliphatic rings. The van der Waals surface area contributed by atoms with Crippen molar-refractivity contribution in [3.8, 4) is 5.75 Å². The molecule has 0 aliphatic heterocycles. The van der Waals surface area contributed by atoms with Gasteiger partial charge in [-0.2, -0.15) is 0 Å². The summed E-state index contributed by atoms with van der Waals surface area (Å²) in [6.45, 7) is 1.21. The van der Waals surface area contributed by atoms with Gasteiger partial charge >= 0.3 is 0 Å². The largest absolute Gasteiger partial charge is 0.490 e. The molecule has 2 heteroatoms. The summed E-state index contributed by atoms with van der Waals surface area (Å²) in [5.41, 5.74) is 1.49. The van der Waals surface area contributed by atoms with Gasteiger partial charge in [-0.1, -0.05) is 12.1 Å². The van der Waals surface area contributed by atoms with Crippen LogP contribution in [0.25, 0.3) is 0 Å². The fourth-order valence-electron chi connectivity index (χ4n) is 3.05. The summed E-state index contributed by atoms with van der Waals surface area (Å²) >= 11 is 0. The number of benzene rings is 1. The second-order valence-corrected chi connectivity index (χ2v) is 6.52. The van der Waals surface area contributed by atoms with Crippen molar-refractivity contribution in [3.63, 3.8) is 0 Å². The standard InChI is InChI=1S/C17H23NO/c1-2-12(10-16(3-1)19-15-7-8-15)17-9-4-13(17)11-18-14-5-6-14/h1-3,10,13-15,17-18H,4-9,11H2. The van der Waals surface area contributed by atoms with Gasteiger partial charge in [0.1, 0.15) is 5.75 Å². The van der Waals surface area contributed by atoms with Gasteiger partial charge in [0.25, 0.3) is 0 Å². The normalized spacial score (nSPS) is 29.9. The van der Waals surface area contributed by atoms with Gasteiger partial charge < -0.3 is 10.1 Å². The maximum Gasteiger partial charge on any atom is 0.120 e. The SMILES string of the molecule is c1cc(OC2CC2)cc(C2CCC2CNC2CC2)c1. The molecule has 0 heterocycles. The van der Waals surface area contributed by atoms with Crippen LogP contribution < -0.4 is 10.1 Å². The van der Waals surface area contributed by atoms with Crippen LogP contribution in [0.5, 0.6) is 5.75 Å². The van der Waals surface area contributed by atoms with E-state index in [1.54, 1.807) is 0 Å². The highest BCUT2D eigenvalue weighted by Gasteiger charge is 2.33. The molecule has 19 heavy (non-hydrogen) atoms.